The molecule has 9 aromatic carbocycles. The minimum atomic E-state index is 0. The van der Waals surface area contributed by atoms with Gasteiger partial charge in [0.15, 0.2) is 0 Å². The van der Waals surface area contributed by atoms with Crippen LogP contribution in [0.25, 0.3) is 33.4 Å². The molecule has 0 nitrogen and oxygen atoms in total. The van der Waals surface area contributed by atoms with Crippen LogP contribution in [0.4, 0.5) is 0 Å². The summed E-state index contributed by atoms with van der Waals surface area (Å²) < 4.78 is 0. The number of hydrogen-bond donors (Lipinski definition) is 0. The maximum absolute atomic E-state index is 2.38. The van der Waals surface area contributed by atoms with Crippen molar-refractivity contribution in [1.82, 2.24) is 0 Å². The average molecular weight is 1130 g/mol. The lowest BCUT2D eigenvalue weighted by Crippen LogP contribution is -2.00. The Hall–Kier alpha value is -7.02. The molecule has 0 bridgehead atoms. The van der Waals surface area contributed by atoms with Crippen molar-refractivity contribution in [3.05, 3.63) is 288 Å². The lowest BCUT2D eigenvalue weighted by Gasteiger charge is -2.14. The predicted octanol–water partition coefficient (Wildman–Crippen LogP) is 27.5. The van der Waals surface area contributed by atoms with Gasteiger partial charge >= 0.3 is 0 Å². The number of benzene rings is 9. The van der Waals surface area contributed by atoms with Gasteiger partial charge < -0.3 is 0 Å². The Morgan fingerprint density at radius 1 is 0.214 bits per heavy atom. The second-order valence-electron chi connectivity index (χ2n) is 21.3. The Kier molecular flexibility index (Phi) is 43.0. The molecule has 0 N–H and O–H groups in total. The summed E-state index contributed by atoms with van der Waals surface area (Å²) in [6.07, 6.45) is 12.7. The molecule has 3 fully saturated rings. The maximum atomic E-state index is 2.38. The lowest BCUT2D eigenvalue weighted by atomic mass is 9.90. The Labute approximate surface area is 520 Å². The van der Waals surface area contributed by atoms with Crippen LogP contribution in [0.1, 0.15) is 197 Å². The summed E-state index contributed by atoms with van der Waals surface area (Å²) in [5, 5.41) is 0. The minimum Gasteiger partial charge on any atom is -0.0776 e. The highest BCUT2D eigenvalue weighted by Crippen LogP contribution is 2.41. The molecule has 9 aromatic rings. The highest BCUT2D eigenvalue weighted by Gasteiger charge is 2.26. The first kappa shape index (κ1) is 81.2. The van der Waals surface area contributed by atoms with Crippen LogP contribution in [0.15, 0.2) is 255 Å². The second-order valence-corrected chi connectivity index (χ2v) is 21.3. The van der Waals surface area contributed by atoms with Gasteiger partial charge in [0.05, 0.1) is 0 Å². The van der Waals surface area contributed by atoms with Crippen LogP contribution in [0.5, 0.6) is 0 Å². The summed E-state index contributed by atoms with van der Waals surface area (Å²) in [5.74, 6) is 5.20. The molecule has 3 aliphatic rings. The van der Waals surface area contributed by atoms with Crippen molar-refractivity contribution < 1.29 is 0 Å². The molecule has 0 aromatic heterocycles. The molecular formula is C84H120. The zero-order chi connectivity index (χ0) is 52.5. The van der Waals surface area contributed by atoms with E-state index in [-0.39, 0.29) is 66.8 Å². The summed E-state index contributed by atoms with van der Waals surface area (Å²) in [7, 11) is 0. The van der Waals surface area contributed by atoms with Crippen LogP contribution in [-0.2, 0) is 0 Å². The summed E-state index contributed by atoms with van der Waals surface area (Å²) in [6.45, 7) is 13.6. The third-order valence-electron chi connectivity index (χ3n) is 16.0. The third-order valence-corrected chi connectivity index (χ3v) is 16.0. The van der Waals surface area contributed by atoms with Crippen LogP contribution in [0, 0.1) is 38.5 Å². The molecule has 84 heavy (non-hydrogen) atoms. The summed E-state index contributed by atoms with van der Waals surface area (Å²) in [6, 6.07) is 89.6. The van der Waals surface area contributed by atoms with Crippen molar-refractivity contribution in [3.8, 4) is 33.4 Å². The van der Waals surface area contributed by atoms with E-state index in [0.29, 0.717) is 0 Å². The van der Waals surface area contributed by atoms with Gasteiger partial charge in [-0.25, -0.2) is 0 Å². The third kappa shape index (κ3) is 25.1. The number of aryl methyl sites for hydroxylation is 3. The minimum absolute atomic E-state index is 0. The predicted molar refractivity (Wildman–Crippen MR) is 387 cm³/mol. The van der Waals surface area contributed by atoms with E-state index in [2.05, 4.69) is 278 Å². The Balaban J connectivity index is -0.000000918. The first-order chi connectivity index (χ1) is 36.8. The van der Waals surface area contributed by atoms with E-state index in [0.717, 1.165) is 35.5 Å². The van der Waals surface area contributed by atoms with Gasteiger partial charge in [-0.2, -0.15) is 0 Å². The molecule has 6 atom stereocenters. The van der Waals surface area contributed by atoms with Crippen LogP contribution in [0.3, 0.4) is 0 Å². The van der Waals surface area contributed by atoms with Gasteiger partial charge in [0.1, 0.15) is 0 Å². The molecule has 0 aliphatic heterocycles. The molecule has 0 heterocycles. The van der Waals surface area contributed by atoms with Gasteiger partial charge in [-0.1, -0.05) is 381 Å². The van der Waals surface area contributed by atoms with Gasteiger partial charge in [-0.05, 0) is 142 Å². The summed E-state index contributed by atoms with van der Waals surface area (Å²) in [5.41, 5.74) is 16.5. The van der Waals surface area contributed by atoms with Crippen LogP contribution < -0.4 is 0 Å². The van der Waals surface area contributed by atoms with E-state index in [4.69, 9.17) is 0 Å². The molecule has 3 aliphatic carbocycles. The van der Waals surface area contributed by atoms with E-state index in [1.54, 1.807) is 16.7 Å². The van der Waals surface area contributed by atoms with E-state index in [1.165, 1.54) is 108 Å². The smallest absolute Gasteiger partial charge is 0.0136 e. The molecule has 0 saturated heterocycles. The maximum Gasteiger partial charge on any atom is -0.0136 e. The standard InChI is InChI=1S/3C13H12.3C12H16.9CH4/c3*1-11-7-5-6-10-13(11)12-8-3-2-4-9-12;3*1-10-6-5-9-12(10)11-7-3-2-4-8-11;;;;;;;;;/h3*2-10H,1H3;3*2-4,7-8,10,12H,5-6,9H2,1H3;9*1H4. The van der Waals surface area contributed by atoms with Crippen LogP contribution >= 0.6 is 0 Å². The van der Waals surface area contributed by atoms with Crippen molar-refractivity contribution in [2.45, 2.75) is 184 Å². The Morgan fingerprint density at radius 2 is 0.393 bits per heavy atom. The summed E-state index contributed by atoms with van der Waals surface area (Å²) in [4.78, 5) is 0. The largest absolute Gasteiger partial charge is 0.0776 e. The fraction of sp³-hybridized carbons (Fsp3) is 0.357. The van der Waals surface area contributed by atoms with E-state index in [9.17, 15) is 0 Å². The van der Waals surface area contributed by atoms with Crippen molar-refractivity contribution >= 4 is 0 Å². The fourth-order valence-corrected chi connectivity index (χ4v) is 11.6. The monoisotopic (exact) mass is 1130 g/mol. The van der Waals surface area contributed by atoms with Crippen molar-refractivity contribution in [3.63, 3.8) is 0 Å². The first-order valence-corrected chi connectivity index (χ1v) is 28.2. The van der Waals surface area contributed by atoms with Crippen molar-refractivity contribution in [2.75, 3.05) is 0 Å². The molecule has 12 rings (SSSR count). The molecule has 0 amide bonds. The summed E-state index contributed by atoms with van der Waals surface area (Å²) >= 11 is 0. The van der Waals surface area contributed by atoms with Crippen LogP contribution in [-0.4, -0.2) is 0 Å². The zero-order valence-electron chi connectivity index (χ0n) is 46.1. The highest BCUT2D eigenvalue weighted by atomic mass is 14.3. The van der Waals surface area contributed by atoms with Gasteiger partial charge in [-0.3, -0.25) is 0 Å². The second kappa shape index (κ2) is 44.5. The lowest BCUT2D eigenvalue weighted by molar-refractivity contribution is 0.533. The normalized spacial score (nSPS) is 17.1. The molecule has 6 unspecified atom stereocenters. The average Bonchev–Trinajstić information content (AvgIpc) is 4.36. The Morgan fingerprint density at radius 3 is 0.571 bits per heavy atom. The van der Waals surface area contributed by atoms with Gasteiger partial charge in [-0.15, -0.1) is 0 Å². The molecule has 0 spiro atoms. The molecule has 0 radical (unpaired) electrons. The topological polar surface area (TPSA) is 0 Å². The van der Waals surface area contributed by atoms with Gasteiger partial charge in [0.25, 0.3) is 0 Å². The van der Waals surface area contributed by atoms with Gasteiger partial charge in [0, 0.05) is 0 Å². The van der Waals surface area contributed by atoms with Crippen molar-refractivity contribution in [1.29, 1.82) is 0 Å². The van der Waals surface area contributed by atoms with Crippen LogP contribution in [0.2, 0.25) is 0 Å². The molecule has 0 heteroatoms. The SMILES string of the molecule is C.C.C.C.C.C.C.C.C.CC1CCCC1c1ccccc1.CC1CCCC1c1ccccc1.CC1CCCC1c1ccccc1.Cc1ccccc1-c1ccccc1.Cc1ccccc1-c1ccccc1.Cc1ccccc1-c1ccccc1. The van der Waals surface area contributed by atoms with E-state index < -0.39 is 0 Å². The van der Waals surface area contributed by atoms with Gasteiger partial charge in [0.2, 0.25) is 0 Å². The highest BCUT2D eigenvalue weighted by molar-refractivity contribution is 5.68. The molecule has 456 valence electrons. The molecule has 3 saturated carbocycles. The zero-order valence-corrected chi connectivity index (χ0v) is 46.1. The molecular weight excluding hydrogens is 1010 g/mol. The number of hydrogen-bond acceptors (Lipinski definition) is 0. The van der Waals surface area contributed by atoms with E-state index in [1.807, 2.05) is 18.2 Å². The van der Waals surface area contributed by atoms with Crippen molar-refractivity contribution in [2.24, 2.45) is 17.8 Å². The Bertz CT molecular complexity index is 2600. The fourth-order valence-electron chi connectivity index (χ4n) is 11.6. The van der Waals surface area contributed by atoms with E-state index >= 15 is 0 Å². The first-order valence-electron chi connectivity index (χ1n) is 28.2. The number of rotatable bonds is 6. The quantitative estimate of drug-likeness (QED) is 0.156.